The molecule has 82 valence electrons. The molecule has 3 nitrogen and oxygen atoms in total. The minimum Gasteiger partial charge on any atom is -0.388 e. The summed E-state index contributed by atoms with van der Waals surface area (Å²) in [5.41, 5.74) is 0.917. The molecule has 1 atom stereocenters. The normalized spacial score (nSPS) is 18.1. The van der Waals surface area contributed by atoms with Crippen molar-refractivity contribution < 1.29 is 5.11 Å². The van der Waals surface area contributed by atoms with Crippen molar-refractivity contribution in [1.82, 2.24) is 4.98 Å². The molecule has 0 amide bonds. The second-order valence-corrected chi connectivity index (χ2v) is 4.07. The van der Waals surface area contributed by atoms with Crippen molar-refractivity contribution in [1.29, 1.82) is 0 Å². The van der Waals surface area contributed by atoms with Gasteiger partial charge in [0.05, 0.1) is 6.10 Å². The lowest BCUT2D eigenvalue weighted by Crippen LogP contribution is -2.18. The molecule has 0 bridgehead atoms. The van der Waals surface area contributed by atoms with E-state index in [0.717, 1.165) is 30.9 Å². The van der Waals surface area contributed by atoms with Crippen molar-refractivity contribution in [3.63, 3.8) is 0 Å². The molecule has 15 heavy (non-hydrogen) atoms. The number of hydrogen-bond acceptors (Lipinski definition) is 3. The van der Waals surface area contributed by atoms with Crippen molar-refractivity contribution in [2.45, 2.75) is 32.3 Å². The van der Waals surface area contributed by atoms with Gasteiger partial charge in [0.2, 0.25) is 0 Å². The molecule has 0 aliphatic carbocycles. The molecular formula is C12H18N2O. The third-order valence-electron chi connectivity index (χ3n) is 2.97. The van der Waals surface area contributed by atoms with Gasteiger partial charge in [0.15, 0.2) is 0 Å². The van der Waals surface area contributed by atoms with Crippen LogP contribution in [0.3, 0.4) is 0 Å². The van der Waals surface area contributed by atoms with Gasteiger partial charge in [-0.15, -0.1) is 0 Å². The third-order valence-corrected chi connectivity index (χ3v) is 2.97. The molecule has 2 heterocycles. The molecular weight excluding hydrogens is 188 g/mol. The number of rotatable bonds is 3. The Labute approximate surface area is 90.8 Å². The molecule has 1 fully saturated rings. The Kier molecular flexibility index (Phi) is 3.21. The molecule has 0 spiro atoms. The Morgan fingerprint density at radius 3 is 2.67 bits per heavy atom. The SMILES string of the molecule is CC[C@@H](O)c1ccc(N2CCCC2)nc1. The summed E-state index contributed by atoms with van der Waals surface area (Å²) in [6.45, 7) is 4.20. The quantitative estimate of drug-likeness (QED) is 0.823. The summed E-state index contributed by atoms with van der Waals surface area (Å²) in [6, 6.07) is 3.99. The van der Waals surface area contributed by atoms with Crippen molar-refractivity contribution in [3.8, 4) is 0 Å². The molecule has 0 unspecified atom stereocenters. The number of anilines is 1. The molecule has 1 aromatic rings. The monoisotopic (exact) mass is 206 g/mol. The number of aliphatic hydroxyl groups is 1. The lowest BCUT2D eigenvalue weighted by atomic mass is 10.1. The van der Waals surface area contributed by atoms with Gasteiger partial charge in [0.1, 0.15) is 5.82 Å². The molecule has 0 saturated carbocycles. The summed E-state index contributed by atoms with van der Waals surface area (Å²) in [5, 5.41) is 9.63. The van der Waals surface area contributed by atoms with E-state index in [1.165, 1.54) is 12.8 Å². The number of hydrogen-bond donors (Lipinski definition) is 1. The Hall–Kier alpha value is -1.09. The van der Waals surface area contributed by atoms with Gasteiger partial charge in [-0.1, -0.05) is 13.0 Å². The van der Waals surface area contributed by atoms with Gasteiger partial charge in [-0.25, -0.2) is 4.98 Å². The van der Waals surface area contributed by atoms with Crippen molar-refractivity contribution in [3.05, 3.63) is 23.9 Å². The molecule has 3 heteroatoms. The average molecular weight is 206 g/mol. The molecule has 1 aromatic heterocycles. The van der Waals surface area contributed by atoms with E-state index < -0.39 is 0 Å². The fourth-order valence-corrected chi connectivity index (χ4v) is 1.96. The summed E-state index contributed by atoms with van der Waals surface area (Å²) in [5.74, 6) is 1.04. The molecule has 2 rings (SSSR count). The van der Waals surface area contributed by atoms with Crippen LogP contribution in [0.25, 0.3) is 0 Å². The smallest absolute Gasteiger partial charge is 0.128 e. The summed E-state index contributed by atoms with van der Waals surface area (Å²) in [7, 11) is 0. The zero-order chi connectivity index (χ0) is 10.7. The van der Waals surface area contributed by atoms with Gasteiger partial charge in [0, 0.05) is 19.3 Å². The van der Waals surface area contributed by atoms with Gasteiger partial charge in [-0.3, -0.25) is 0 Å². The lowest BCUT2D eigenvalue weighted by Gasteiger charge is -2.17. The van der Waals surface area contributed by atoms with Crippen LogP contribution in [0.2, 0.25) is 0 Å². The first-order chi connectivity index (χ1) is 7.31. The predicted octanol–water partition coefficient (Wildman–Crippen LogP) is 2.13. The zero-order valence-corrected chi connectivity index (χ0v) is 9.19. The fourth-order valence-electron chi connectivity index (χ4n) is 1.96. The first-order valence-electron chi connectivity index (χ1n) is 5.70. The Morgan fingerprint density at radius 2 is 2.13 bits per heavy atom. The van der Waals surface area contributed by atoms with E-state index in [-0.39, 0.29) is 6.10 Å². The van der Waals surface area contributed by atoms with Crippen LogP contribution in [0.5, 0.6) is 0 Å². The molecule has 0 radical (unpaired) electrons. The van der Waals surface area contributed by atoms with Crippen LogP contribution in [0.15, 0.2) is 18.3 Å². The van der Waals surface area contributed by atoms with Crippen molar-refractivity contribution in [2.75, 3.05) is 18.0 Å². The molecule has 1 aliphatic heterocycles. The first-order valence-corrected chi connectivity index (χ1v) is 5.70. The summed E-state index contributed by atoms with van der Waals surface area (Å²) in [6.07, 6.45) is 4.69. The van der Waals surface area contributed by atoms with E-state index in [2.05, 4.69) is 9.88 Å². The minimum absolute atomic E-state index is 0.370. The highest BCUT2D eigenvalue weighted by atomic mass is 16.3. The maximum atomic E-state index is 9.63. The number of nitrogens with zero attached hydrogens (tertiary/aromatic N) is 2. The van der Waals surface area contributed by atoms with Crippen LogP contribution in [-0.2, 0) is 0 Å². The van der Waals surface area contributed by atoms with Crippen LogP contribution in [0.1, 0.15) is 37.9 Å². The minimum atomic E-state index is -0.370. The van der Waals surface area contributed by atoms with Crippen molar-refractivity contribution >= 4 is 5.82 Å². The molecule has 1 N–H and O–H groups in total. The maximum Gasteiger partial charge on any atom is 0.128 e. The number of pyridine rings is 1. The lowest BCUT2D eigenvalue weighted by molar-refractivity contribution is 0.173. The van der Waals surface area contributed by atoms with Gasteiger partial charge < -0.3 is 10.0 Å². The van der Waals surface area contributed by atoms with Crippen LogP contribution < -0.4 is 4.90 Å². The van der Waals surface area contributed by atoms with E-state index in [9.17, 15) is 5.11 Å². The van der Waals surface area contributed by atoms with E-state index in [4.69, 9.17) is 0 Å². The van der Waals surface area contributed by atoms with Gasteiger partial charge in [-0.2, -0.15) is 0 Å². The van der Waals surface area contributed by atoms with Crippen LogP contribution in [0.4, 0.5) is 5.82 Å². The molecule has 0 aromatic carbocycles. The number of aliphatic hydroxyl groups excluding tert-OH is 1. The fraction of sp³-hybridized carbons (Fsp3) is 0.583. The Bertz CT molecular complexity index is 304. The summed E-state index contributed by atoms with van der Waals surface area (Å²) in [4.78, 5) is 6.69. The molecule has 1 aliphatic rings. The Morgan fingerprint density at radius 1 is 1.40 bits per heavy atom. The third kappa shape index (κ3) is 2.29. The van der Waals surface area contributed by atoms with Gasteiger partial charge in [-0.05, 0) is 30.9 Å². The Balaban J connectivity index is 2.09. The van der Waals surface area contributed by atoms with Crippen LogP contribution in [-0.4, -0.2) is 23.2 Å². The van der Waals surface area contributed by atoms with Gasteiger partial charge >= 0.3 is 0 Å². The topological polar surface area (TPSA) is 36.4 Å². The zero-order valence-electron chi connectivity index (χ0n) is 9.19. The van der Waals surface area contributed by atoms with Gasteiger partial charge in [0.25, 0.3) is 0 Å². The second kappa shape index (κ2) is 4.62. The average Bonchev–Trinajstić information content (AvgIpc) is 2.82. The highest BCUT2D eigenvalue weighted by Crippen LogP contribution is 2.20. The van der Waals surface area contributed by atoms with Crippen LogP contribution >= 0.6 is 0 Å². The molecule has 1 saturated heterocycles. The second-order valence-electron chi connectivity index (χ2n) is 4.07. The number of aromatic nitrogens is 1. The van der Waals surface area contributed by atoms with E-state index in [1.807, 2.05) is 19.1 Å². The maximum absolute atomic E-state index is 9.63. The summed E-state index contributed by atoms with van der Waals surface area (Å²) >= 11 is 0. The highest BCUT2D eigenvalue weighted by molar-refractivity contribution is 5.40. The largest absolute Gasteiger partial charge is 0.388 e. The predicted molar refractivity (Wildman–Crippen MR) is 60.9 cm³/mol. The van der Waals surface area contributed by atoms with E-state index in [0.29, 0.717) is 0 Å². The van der Waals surface area contributed by atoms with Crippen molar-refractivity contribution in [2.24, 2.45) is 0 Å². The van der Waals surface area contributed by atoms with Crippen LogP contribution in [0, 0.1) is 0 Å². The first kappa shape index (κ1) is 10.4. The van der Waals surface area contributed by atoms with E-state index >= 15 is 0 Å². The highest BCUT2D eigenvalue weighted by Gasteiger charge is 2.13. The van der Waals surface area contributed by atoms with E-state index in [1.54, 1.807) is 6.20 Å². The summed E-state index contributed by atoms with van der Waals surface area (Å²) < 4.78 is 0. The standard InChI is InChI=1S/C12H18N2O/c1-2-11(15)10-5-6-12(13-9-10)14-7-3-4-8-14/h5-6,9,11,15H,2-4,7-8H2,1H3/t11-/m1/s1.